The lowest BCUT2D eigenvalue weighted by Gasteiger charge is -2.41. The van der Waals surface area contributed by atoms with Crippen molar-refractivity contribution in [2.24, 2.45) is 10.8 Å². The third kappa shape index (κ3) is 3.10. The molecule has 2 heteroatoms. The standard InChI is InChI=1S/C14H24O2/c1-11(2)5-6-14(12(15)16)9-7-13(3,4)8-10-14/h1,5-10H2,2-4H3,(H,15,16). The molecule has 16 heavy (non-hydrogen) atoms. The molecule has 1 fully saturated rings. The van der Waals surface area contributed by atoms with Crippen molar-refractivity contribution < 1.29 is 9.90 Å². The number of carboxylic acid groups (broad SMARTS) is 1. The molecule has 0 aliphatic heterocycles. The van der Waals surface area contributed by atoms with E-state index in [-0.39, 0.29) is 0 Å². The molecule has 1 N–H and O–H groups in total. The summed E-state index contributed by atoms with van der Waals surface area (Å²) in [6.07, 6.45) is 5.29. The van der Waals surface area contributed by atoms with Crippen LogP contribution in [0.4, 0.5) is 0 Å². The molecule has 0 aromatic heterocycles. The summed E-state index contributed by atoms with van der Waals surface area (Å²) in [5.74, 6) is -0.607. The molecule has 0 heterocycles. The van der Waals surface area contributed by atoms with Crippen molar-refractivity contribution in [3.8, 4) is 0 Å². The highest BCUT2D eigenvalue weighted by Crippen LogP contribution is 2.47. The highest BCUT2D eigenvalue weighted by molar-refractivity contribution is 5.74. The molecule has 1 saturated carbocycles. The summed E-state index contributed by atoms with van der Waals surface area (Å²) in [7, 11) is 0. The molecule has 2 nitrogen and oxygen atoms in total. The van der Waals surface area contributed by atoms with Crippen LogP contribution >= 0.6 is 0 Å². The minimum atomic E-state index is -0.607. The number of aliphatic carboxylic acids is 1. The van der Waals surface area contributed by atoms with Crippen LogP contribution in [0.15, 0.2) is 12.2 Å². The first-order valence-electron chi connectivity index (χ1n) is 6.15. The van der Waals surface area contributed by atoms with Crippen LogP contribution in [0.2, 0.25) is 0 Å². The summed E-state index contributed by atoms with van der Waals surface area (Å²) in [4.78, 5) is 11.5. The van der Waals surface area contributed by atoms with E-state index >= 15 is 0 Å². The molecule has 92 valence electrons. The quantitative estimate of drug-likeness (QED) is 0.732. The van der Waals surface area contributed by atoms with Crippen molar-refractivity contribution in [3.05, 3.63) is 12.2 Å². The van der Waals surface area contributed by atoms with Crippen LogP contribution in [0.3, 0.4) is 0 Å². The van der Waals surface area contributed by atoms with Crippen LogP contribution in [-0.2, 0) is 4.79 Å². The topological polar surface area (TPSA) is 37.3 Å². The zero-order chi connectivity index (χ0) is 12.4. The van der Waals surface area contributed by atoms with Gasteiger partial charge in [0.2, 0.25) is 0 Å². The fourth-order valence-electron chi connectivity index (χ4n) is 2.43. The van der Waals surface area contributed by atoms with Gasteiger partial charge in [0.05, 0.1) is 5.41 Å². The Morgan fingerprint density at radius 1 is 1.25 bits per heavy atom. The van der Waals surface area contributed by atoms with E-state index in [0.717, 1.165) is 44.1 Å². The minimum absolute atomic E-state index is 0.322. The lowest BCUT2D eigenvalue weighted by atomic mass is 9.63. The second-order valence-electron chi connectivity index (χ2n) is 6.21. The summed E-state index contributed by atoms with van der Waals surface area (Å²) in [5.41, 5.74) is 0.932. The fourth-order valence-corrected chi connectivity index (χ4v) is 2.43. The molecule has 1 aliphatic rings. The zero-order valence-corrected chi connectivity index (χ0v) is 10.8. The van der Waals surface area contributed by atoms with Gasteiger partial charge >= 0.3 is 5.97 Å². The van der Waals surface area contributed by atoms with Crippen LogP contribution in [0.25, 0.3) is 0 Å². The van der Waals surface area contributed by atoms with Crippen LogP contribution in [0, 0.1) is 10.8 Å². The second-order valence-corrected chi connectivity index (χ2v) is 6.21. The van der Waals surface area contributed by atoms with E-state index in [1.807, 2.05) is 6.92 Å². The smallest absolute Gasteiger partial charge is 0.309 e. The molecule has 0 amide bonds. The Bertz CT molecular complexity index is 279. The highest BCUT2D eigenvalue weighted by Gasteiger charge is 2.43. The van der Waals surface area contributed by atoms with Gasteiger partial charge in [0.25, 0.3) is 0 Å². The number of rotatable bonds is 4. The van der Waals surface area contributed by atoms with E-state index in [1.165, 1.54) is 0 Å². The van der Waals surface area contributed by atoms with Gasteiger partial charge in [0, 0.05) is 0 Å². The van der Waals surface area contributed by atoms with Crippen LogP contribution in [-0.4, -0.2) is 11.1 Å². The zero-order valence-electron chi connectivity index (χ0n) is 10.8. The minimum Gasteiger partial charge on any atom is -0.481 e. The largest absolute Gasteiger partial charge is 0.481 e. The number of carbonyl (C=O) groups is 1. The second kappa shape index (κ2) is 4.60. The number of allylic oxidation sites excluding steroid dienone is 1. The molecule has 1 aliphatic carbocycles. The van der Waals surface area contributed by atoms with Crippen molar-refractivity contribution in [1.82, 2.24) is 0 Å². The van der Waals surface area contributed by atoms with Gasteiger partial charge in [-0.3, -0.25) is 4.79 Å². The maximum Gasteiger partial charge on any atom is 0.309 e. The molecule has 0 aromatic carbocycles. The number of carboxylic acids is 1. The monoisotopic (exact) mass is 224 g/mol. The summed E-state index contributed by atoms with van der Waals surface area (Å²) in [5, 5.41) is 9.44. The van der Waals surface area contributed by atoms with Crippen molar-refractivity contribution in [2.75, 3.05) is 0 Å². The molecule has 0 unspecified atom stereocenters. The van der Waals surface area contributed by atoms with E-state index in [1.54, 1.807) is 0 Å². The molecule has 0 bridgehead atoms. The van der Waals surface area contributed by atoms with Gasteiger partial charge in [-0.25, -0.2) is 0 Å². The van der Waals surface area contributed by atoms with Gasteiger partial charge in [-0.15, -0.1) is 6.58 Å². The summed E-state index contributed by atoms with van der Waals surface area (Å²) < 4.78 is 0. The Kier molecular flexibility index (Phi) is 3.82. The summed E-state index contributed by atoms with van der Waals surface area (Å²) in [6.45, 7) is 10.3. The van der Waals surface area contributed by atoms with Crippen molar-refractivity contribution >= 4 is 5.97 Å². The first kappa shape index (κ1) is 13.3. The summed E-state index contributed by atoms with van der Waals surface area (Å²) in [6, 6.07) is 0. The van der Waals surface area contributed by atoms with Gasteiger partial charge in [0.15, 0.2) is 0 Å². The Hall–Kier alpha value is -0.790. The third-order valence-electron chi connectivity index (χ3n) is 4.04. The van der Waals surface area contributed by atoms with Crippen LogP contribution in [0.5, 0.6) is 0 Å². The number of hydrogen-bond acceptors (Lipinski definition) is 1. The SMILES string of the molecule is C=C(C)CCC1(C(=O)O)CCC(C)(C)CC1. The molecule has 0 atom stereocenters. The van der Waals surface area contributed by atoms with Gasteiger partial charge < -0.3 is 5.11 Å². The van der Waals surface area contributed by atoms with Gasteiger partial charge in [-0.05, 0) is 50.9 Å². The molecule has 1 rings (SSSR count). The average Bonchev–Trinajstić information content (AvgIpc) is 2.16. The van der Waals surface area contributed by atoms with Crippen molar-refractivity contribution in [3.63, 3.8) is 0 Å². The maximum atomic E-state index is 11.5. The first-order valence-corrected chi connectivity index (χ1v) is 6.15. The molecular weight excluding hydrogens is 200 g/mol. The molecule has 0 radical (unpaired) electrons. The third-order valence-corrected chi connectivity index (χ3v) is 4.04. The normalized spacial score (nSPS) is 22.7. The lowest BCUT2D eigenvalue weighted by molar-refractivity contribution is -0.153. The maximum absolute atomic E-state index is 11.5. The van der Waals surface area contributed by atoms with Crippen molar-refractivity contribution in [2.45, 2.75) is 59.3 Å². The predicted octanol–water partition coefficient (Wildman–Crippen LogP) is 4.01. The lowest BCUT2D eigenvalue weighted by Crippen LogP contribution is -2.37. The summed E-state index contributed by atoms with van der Waals surface area (Å²) >= 11 is 0. The Morgan fingerprint density at radius 3 is 2.12 bits per heavy atom. The average molecular weight is 224 g/mol. The van der Waals surface area contributed by atoms with E-state index in [2.05, 4.69) is 20.4 Å². The molecular formula is C14H24O2. The first-order chi connectivity index (χ1) is 7.27. The Morgan fingerprint density at radius 2 is 1.75 bits per heavy atom. The van der Waals surface area contributed by atoms with Crippen molar-refractivity contribution in [1.29, 1.82) is 0 Å². The highest BCUT2D eigenvalue weighted by atomic mass is 16.4. The van der Waals surface area contributed by atoms with E-state index < -0.39 is 11.4 Å². The number of hydrogen-bond donors (Lipinski definition) is 1. The Labute approximate surface area is 98.7 Å². The predicted molar refractivity (Wildman–Crippen MR) is 66.4 cm³/mol. The van der Waals surface area contributed by atoms with Gasteiger partial charge in [0.1, 0.15) is 0 Å². The van der Waals surface area contributed by atoms with E-state index in [0.29, 0.717) is 5.41 Å². The molecule has 0 saturated heterocycles. The van der Waals surface area contributed by atoms with Crippen LogP contribution < -0.4 is 0 Å². The molecule has 0 aromatic rings. The van der Waals surface area contributed by atoms with Gasteiger partial charge in [-0.2, -0.15) is 0 Å². The van der Waals surface area contributed by atoms with Crippen LogP contribution in [0.1, 0.15) is 59.3 Å². The van der Waals surface area contributed by atoms with E-state index in [9.17, 15) is 9.90 Å². The van der Waals surface area contributed by atoms with Gasteiger partial charge in [-0.1, -0.05) is 19.4 Å². The van der Waals surface area contributed by atoms with E-state index in [4.69, 9.17) is 0 Å². The molecule has 0 spiro atoms. The fraction of sp³-hybridized carbons (Fsp3) is 0.786. The Balaban J connectivity index is 2.69.